The third-order valence-electron chi connectivity index (χ3n) is 3.13. The van der Waals surface area contributed by atoms with Crippen molar-refractivity contribution in [2.45, 2.75) is 33.2 Å². The van der Waals surface area contributed by atoms with Gasteiger partial charge in [0.15, 0.2) is 0 Å². The maximum Gasteiger partial charge on any atom is 0.00922 e. The van der Waals surface area contributed by atoms with Crippen LogP contribution in [0.1, 0.15) is 27.2 Å². The largest absolute Gasteiger partial charge is 0.317 e. The van der Waals surface area contributed by atoms with Crippen molar-refractivity contribution in [1.82, 2.24) is 5.32 Å². The summed E-state index contributed by atoms with van der Waals surface area (Å²) in [6, 6.07) is 0.687. The Morgan fingerprint density at radius 2 is 2.11 bits per heavy atom. The van der Waals surface area contributed by atoms with Crippen LogP contribution in [0, 0.1) is 11.3 Å². The van der Waals surface area contributed by atoms with Gasteiger partial charge in [0.05, 0.1) is 0 Å². The topological polar surface area (TPSA) is 12.0 Å². The predicted octanol–water partition coefficient (Wildman–Crippen LogP) is 1.64. The lowest BCUT2D eigenvalue weighted by atomic mass is 9.98. The molecule has 0 aliphatic heterocycles. The number of hydrogen-bond donors (Lipinski definition) is 1. The number of hydrogen-bond acceptors (Lipinski definition) is 1. The third kappa shape index (κ3) is 0.983. The molecule has 1 heteroatoms. The summed E-state index contributed by atoms with van der Waals surface area (Å²) in [7, 11) is 2.04. The minimum absolute atomic E-state index is 0.606. The van der Waals surface area contributed by atoms with Gasteiger partial charge in [-0.25, -0.2) is 0 Å². The van der Waals surface area contributed by atoms with E-state index in [0.29, 0.717) is 11.5 Å². The van der Waals surface area contributed by atoms with Gasteiger partial charge in [0.2, 0.25) is 0 Å². The van der Waals surface area contributed by atoms with Gasteiger partial charge in [-0.3, -0.25) is 0 Å². The Morgan fingerprint density at radius 3 is 2.22 bits per heavy atom. The lowest BCUT2D eigenvalue weighted by Crippen LogP contribution is -2.30. The highest BCUT2D eigenvalue weighted by atomic mass is 14.9. The minimum atomic E-state index is 0.606. The smallest absolute Gasteiger partial charge is 0.00922 e. The first kappa shape index (κ1) is 7.07. The van der Waals surface area contributed by atoms with Gasteiger partial charge in [0.25, 0.3) is 0 Å². The molecule has 1 nitrogen and oxygen atoms in total. The Balaban J connectivity index is 2.43. The van der Waals surface area contributed by atoms with Gasteiger partial charge in [-0.15, -0.1) is 0 Å². The minimum Gasteiger partial charge on any atom is -0.317 e. The van der Waals surface area contributed by atoms with Crippen LogP contribution in [0.5, 0.6) is 0 Å². The van der Waals surface area contributed by atoms with Crippen molar-refractivity contribution >= 4 is 0 Å². The van der Waals surface area contributed by atoms with Crippen LogP contribution < -0.4 is 5.32 Å². The maximum atomic E-state index is 3.30. The van der Waals surface area contributed by atoms with Crippen LogP contribution in [0.2, 0.25) is 0 Å². The van der Waals surface area contributed by atoms with Gasteiger partial charge in [-0.1, -0.05) is 13.8 Å². The summed E-state index contributed by atoms with van der Waals surface area (Å²) in [5.74, 6) is 0.931. The highest BCUT2D eigenvalue weighted by molar-refractivity contribution is 5.01. The molecule has 0 aromatic carbocycles. The van der Waals surface area contributed by atoms with Gasteiger partial charge in [-0.2, -0.15) is 0 Å². The zero-order valence-corrected chi connectivity index (χ0v) is 6.86. The van der Waals surface area contributed by atoms with Gasteiger partial charge < -0.3 is 5.32 Å². The average Bonchev–Trinajstić information content (AvgIpc) is 2.41. The van der Waals surface area contributed by atoms with Gasteiger partial charge in [0.1, 0.15) is 0 Å². The second-order valence-electron chi connectivity index (χ2n) is 3.62. The summed E-state index contributed by atoms with van der Waals surface area (Å²) < 4.78 is 0. The monoisotopic (exact) mass is 127 g/mol. The van der Waals surface area contributed by atoms with E-state index in [1.807, 2.05) is 7.05 Å². The summed E-state index contributed by atoms with van der Waals surface area (Å²) in [5, 5.41) is 3.30. The van der Waals surface area contributed by atoms with E-state index < -0.39 is 0 Å². The van der Waals surface area contributed by atoms with Crippen LogP contribution in [0.4, 0.5) is 0 Å². The fourth-order valence-corrected chi connectivity index (χ4v) is 1.53. The number of rotatable bonds is 2. The summed E-state index contributed by atoms with van der Waals surface area (Å²) in [6.45, 7) is 6.95. The first-order valence-corrected chi connectivity index (χ1v) is 3.78. The van der Waals surface area contributed by atoms with E-state index >= 15 is 0 Å². The van der Waals surface area contributed by atoms with Crippen LogP contribution in [0.25, 0.3) is 0 Å². The van der Waals surface area contributed by atoms with Crippen LogP contribution in [0.3, 0.4) is 0 Å². The molecule has 1 aliphatic rings. The molecule has 0 radical (unpaired) electrons. The zero-order valence-electron chi connectivity index (χ0n) is 6.86. The molecule has 1 aliphatic carbocycles. The first-order chi connectivity index (χ1) is 4.11. The lowest BCUT2D eigenvalue weighted by molar-refractivity contribution is 0.378. The average molecular weight is 127 g/mol. The molecule has 9 heavy (non-hydrogen) atoms. The third-order valence-corrected chi connectivity index (χ3v) is 3.13. The van der Waals surface area contributed by atoms with Crippen molar-refractivity contribution in [2.75, 3.05) is 7.05 Å². The molecule has 0 amide bonds. The van der Waals surface area contributed by atoms with Gasteiger partial charge in [-0.05, 0) is 31.7 Å². The number of nitrogens with one attached hydrogen (secondary N) is 1. The molecule has 0 bridgehead atoms. The van der Waals surface area contributed by atoms with Gasteiger partial charge in [0, 0.05) is 6.04 Å². The fraction of sp³-hybridized carbons (Fsp3) is 1.00. The predicted molar refractivity (Wildman–Crippen MR) is 40.4 cm³/mol. The first-order valence-electron chi connectivity index (χ1n) is 3.78. The zero-order chi connectivity index (χ0) is 7.07. The molecule has 3 unspecified atom stereocenters. The summed E-state index contributed by atoms with van der Waals surface area (Å²) in [4.78, 5) is 0. The van der Waals surface area contributed by atoms with E-state index in [4.69, 9.17) is 0 Å². The molecule has 0 aromatic rings. The van der Waals surface area contributed by atoms with E-state index in [1.165, 1.54) is 6.42 Å². The SMILES string of the molecule is CNC(C)C1(C)CC1C. The molecule has 0 heterocycles. The van der Waals surface area contributed by atoms with Gasteiger partial charge >= 0.3 is 0 Å². The van der Waals surface area contributed by atoms with Crippen LogP contribution in [-0.4, -0.2) is 13.1 Å². The highest BCUT2D eigenvalue weighted by Crippen LogP contribution is 2.54. The van der Waals surface area contributed by atoms with Crippen LogP contribution in [-0.2, 0) is 0 Å². The fourth-order valence-electron chi connectivity index (χ4n) is 1.53. The second kappa shape index (κ2) is 1.98. The Kier molecular flexibility index (Phi) is 1.55. The Morgan fingerprint density at radius 1 is 1.67 bits per heavy atom. The Bertz CT molecular complexity index is 111. The second-order valence-corrected chi connectivity index (χ2v) is 3.62. The highest BCUT2D eigenvalue weighted by Gasteiger charge is 2.49. The molecule has 1 rings (SSSR count). The molecule has 0 aromatic heterocycles. The Labute approximate surface area is 57.8 Å². The van der Waals surface area contributed by atoms with Crippen molar-refractivity contribution < 1.29 is 0 Å². The molecule has 1 N–H and O–H groups in total. The molecular formula is C8H17N. The summed E-state index contributed by atoms with van der Waals surface area (Å²) in [5.41, 5.74) is 0.606. The van der Waals surface area contributed by atoms with E-state index in [9.17, 15) is 0 Å². The molecule has 1 fully saturated rings. The Hall–Kier alpha value is -0.0400. The molecule has 3 atom stereocenters. The van der Waals surface area contributed by atoms with E-state index in [1.54, 1.807) is 0 Å². The molecular weight excluding hydrogens is 110 g/mol. The van der Waals surface area contributed by atoms with Crippen molar-refractivity contribution in [2.24, 2.45) is 11.3 Å². The van der Waals surface area contributed by atoms with Crippen LogP contribution in [0.15, 0.2) is 0 Å². The van der Waals surface area contributed by atoms with E-state index in [2.05, 4.69) is 26.1 Å². The molecule has 1 saturated carbocycles. The van der Waals surface area contributed by atoms with E-state index in [0.717, 1.165) is 5.92 Å². The quantitative estimate of drug-likeness (QED) is 0.594. The van der Waals surface area contributed by atoms with Crippen molar-refractivity contribution in [3.05, 3.63) is 0 Å². The molecule has 54 valence electrons. The van der Waals surface area contributed by atoms with Crippen LogP contribution >= 0.6 is 0 Å². The van der Waals surface area contributed by atoms with E-state index in [-0.39, 0.29) is 0 Å². The standard InChI is InChI=1S/C8H17N/c1-6-5-8(6,3)7(2)9-4/h6-7,9H,5H2,1-4H3. The molecule has 0 saturated heterocycles. The molecule has 0 spiro atoms. The summed E-state index contributed by atoms with van der Waals surface area (Å²) in [6.07, 6.45) is 1.40. The van der Waals surface area contributed by atoms with Crippen molar-refractivity contribution in [3.63, 3.8) is 0 Å². The lowest BCUT2D eigenvalue weighted by Gasteiger charge is -2.18. The van der Waals surface area contributed by atoms with Crippen molar-refractivity contribution in [1.29, 1.82) is 0 Å². The van der Waals surface area contributed by atoms with Crippen molar-refractivity contribution in [3.8, 4) is 0 Å². The summed E-state index contributed by atoms with van der Waals surface area (Å²) >= 11 is 0. The maximum absolute atomic E-state index is 3.30. The normalized spacial score (nSPS) is 44.7.